The summed E-state index contributed by atoms with van der Waals surface area (Å²) < 4.78 is 0. The molecule has 0 saturated heterocycles. The fourth-order valence-corrected chi connectivity index (χ4v) is 2.13. The number of aliphatic carboxylic acids is 1. The minimum Gasteiger partial charge on any atom is -0.481 e. The predicted octanol–water partition coefficient (Wildman–Crippen LogP) is 1.88. The van der Waals surface area contributed by atoms with E-state index in [-0.39, 0.29) is 13.0 Å². The summed E-state index contributed by atoms with van der Waals surface area (Å²) in [4.78, 5) is 22.3. The maximum atomic E-state index is 11.8. The van der Waals surface area contributed by atoms with Crippen molar-refractivity contribution in [2.75, 3.05) is 6.54 Å². The second-order valence-electron chi connectivity index (χ2n) is 4.72. The molecule has 0 heterocycles. The average Bonchev–Trinajstić information content (AvgIpc) is 2.30. The van der Waals surface area contributed by atoms with Gasteiger partial charge >= 0.3 is 5.97 Å². The largest absolute Gasteiger partial charge is 0.481 e. The molecule has 1 unspecified atom stereocenters. The Labute approximate surface area is 126 Å². The molecule has 1 aromatic rings. The molecule has 0 aliphatic heterocycles. The van der Waals surface area contributed by atoms with Crippen LogP contribution in [0.1, 0.15) is 18.9 Å². The Bertz CT molecular complexity index is 497. The summed E-state index contributed by atoms with van der Waals surface area (Å²) in [6, 6.07) is 4.91. The summed E-state index contributed by atoms with van der Waals surface area (Å²) in [6.07, 6.45) is -0.498. The number of amides is 1. The van der Waals surface area contributed by atoms with Crippen LogP contribution in [0.3, 0.4) is 0 Å². The molecule has 7 heteroatoms. The number of carbonyl (C=O) groups excluding carboxylic acids is 1. The first-order valence-electron chi connectivity index (χ1n) is 5.85. The van der Waals surface area contributed by atoms with Crippen LogP contribution in [-0.2, 0) is 16.0 Å². The minimum atomic E-state index is -1.51. The molecule has 3 N–H and O–H groups in total. The van der Waals surface area contributed by atoms with Gasteiger partial charge in [-0.1, -0.05) is 29.3 Å². The standard InChI is InChI=1S/C13H15Cl2NO4/c1-13(20,6-12(18)19)7-16-11(17)5-8-9(14)3-2-4-10(8)15/h2-4,20H,5-7H2,1H3,(H,16,17)(H,18,19). The van der Waals surface area contributed by atoms with Gasteiger partial charge in [-0.05, 0) is 24.6 Å². The van der Waals surface area contributed by atoms with Crippen LogP contribution < -0.4 is 5.32 Å². The number of carboxylic acid groups (broad SMARTS) is 1. The van der Waals surface area contributed by atoms with E-state index in [4.69, 9.17) is 28.3 Å². The molecule has 110 valence electrons. The van der Waals surface area contributed by atoms with E-state index in [1.807, 2.05) is 0 Å². The normalized spacial score (nSPS) is 13.6. The lowest BCUT2D eigenvalue weighted by Crippen LogP contribution is -2.42. The predicted molar refractivity (Wildman–Crippen MR) is 76.1 cm³/mol. The van der Waals surface area contributed by atoms with Crippen LogP contribution in [0, 0.1) is 0 Å². The first kappa shape index (κ1) is 16.8. The molecule has 0 radical (unpaired) electrons. The number of halogens is 2. The highest BCUT2D eigenvalue weighted by atomic mass is 35.5. The highest BCUT2D eigenvalue weighted by Crippen LogP contribution is 2.24. The fourth-order valence-electron chi connectivity index (χ4n) is 1.60. The van der Waals surface area contributed by atoms with Crippen molar-refractivity contribution in [3.05, 3.63) is 33.8 Å². The van der Waals surface area contributed by atoms with Gasteiger partial charge < -0.3 is 15.5 Å². The van der Waals surface area contributed by atoms with Gasteiger partial charge in [0.1, 0.15) is 0 Å². The third-order valence-corrected chi connectivity index (χ3v) is 3.31. The number of carbonyl (C=O) groups is 2. The van der Waals surface area contributed by atoms with Gasteiger partial charge in [0.25, 0.3) is 0 Å². The Balaban J connectivity index is 2.59. The maximum Gasteiger partial charge on any atom is 0.306 e. The number of nitrogens with one attached hydrogen (secondary N) is 1. The third kappa shape index (κ3) is 5.36. The molecule has 0 aromatic heterocycles. The van der Waals surface area contributed by atoms with Gasteiger partial charge in [-0.25, -0.2) is 0 Å². The molecule has 0 spiro atoms. The highest BCUT2D eigenvalue weighted by molar-refractivity contribution is 6.36. The summed E-state index contributed by atoms with van der Waals surface area (Å²) in [5.74, 6) is -1.54. The van der Waals surface area contributed by atoms with Gasteiger partial charge in [-0.2, -0.15) is 0 Å². The molecule has 1 rings (SSSR count). The molecule has 1 aromatic carbocycles. The summed E-state index contributed by atoms with van der Waals surface area (Å²) >= 11 is 11.9. The number of hydrogen-bond donors (Lipinski definition) is 3. The molecule has 0 bridgehead atoms. The van der Waals surface area contributed by atoms with Gasteiger partial charge in [-0.3, -0.25) is 9.59 Å². The van der Waals surface area contributed by atoms with Crippen molar-refractivity contribution in [1.82, 2.24) is 5.32 Å². The first-order chi connectivity index (χ1) is 9.21. The number of carboxylic acids is 1. The Morgan fingerprint density at radius 3 is 2.35 bits per heavy atom. The Hall–Kier alpha value is -1.30. The van der Waals surface area contributed by atoms with Crippen LogP contribution in [0.5, 0.6) is 0 Å². The molecule has 20 heavy (non-hydrogen) atoms. The molecule has 0 fully saturated rings. The number of benzene rings is 1. The van der Waals surface area contributed by atoms with Crippen LogP contribution in [0.4, 0.5) is 0 Å². The lowest BCUT2D eigenvalue weighted by Gasteiger charge is -2.21. The van der Waals surface area contributed by atoms with Crippen molar-refractivity contribution in [3.63, 3.8) is 0 Å². The van der Waals surface area contributed by atoms with E-state index in [9.17, 15) is 14.7 Å². The molecular weight excluding hydrogens is 305 g/mol. The van der Waals surface area contributed by atoms with Crippen LogP contribution in [-0.4, -0.2) is 34.2 Å². The molecular formula is C13H15Cl2NO4. The topological polar surface area (TPSA) is 86.6 Å². The van der Waals surface area contributed by atoms with E-state index < -0.39 is 23.9 Å². The number of rotatable bonds is 6. The van der Waals surface area contributed by atoms with Gasteiger partial charge in [0, 0.05) is 16.6 Å². The zero-order chi connectivity index (χ0) is 15.3. The van der Waals surface area contributed by atoms with E-state index in [0.717, 1.165) is 0 Å². The number of aliphatic hydroxyl groups is 1. The smallest absolute Gasteiger partial charge is 0.306 e. The maximum absolute atomic E-state index is 11.8. The van der Waals surface area contributed by atoms with Crippen molar-refractivity contribution in [3.8, 4) is 0 Å². The highest BCUT2D eigenvalue weighted by Gasteiger charge is 2.25. The second-order valence-corrected chi connectivity index (χ2v) is 5.54. The van der Waals surface area contributed by atoms with Crippen molar-refractivity contribution in [2.24, 2.45) is 0 Å². The third-order valence-electron chi connectivity index (χ3n) is 2.60. The van der Waals surface area contributed by atoms with Gasteiger partial charge in [0.15, 0.2) is 0 Å². The summed E-state index contributed by atoms with van der Waals surface area (Å²) in [5.41, 5.74) is -1.02. The zero-order valence-corrected chi connectivity index (χ0v) is 12.3. The molecule has 0 saturated carbocycles. The van der Waals surface area contributed by atoms with Crippen molar-refractivity contribution < 1.29 is 19.8 Å². The lowest BCUT2D eigenvalue weighted by molar-refractivity contribution is -0.142. The van der Waals surface area contributed by atoms with Gasteiger partial charge in [-0.15, -0.1) is 0 Å². The van der Waals surface area contributed by atoms with Crippen molar-refractivity contribution >= 4 is 35.1 Å². The van der Waals surface area contributed by atoms with Crippen LogP contribution in [0.2, 0.25) is 10.0 Å². The summed E-state index contributed by atoms with van der Waals surface area (Å²) in [7, 11) is 0. The molecule has 1 atom stereocenters. The van der Waals surface area contributed by atoms with E-state index in [1.165, 1.54) is 6.92 Å². The molecule has 0 aliphatic rings. The van der Waals surface area contributed by atoms with Crippen LogP contribution in [0.25, 0.3) is 0 Å². The molecule has 5 nitrogen and oxygen atoms in total. The van der Waals surface area contributed by atoms with Crippen LogP contribution in [0.15, 0.2) is 18.2 Å². The quantitative estimate of drug-likeness (QED) is 0.747. The van der Waals surface area contributed by atoms with E-state index in [0.29, 0.717) is 15.6 Å². The molecule has 1 amide bonds. The van der Waals surface area contributed by atoms with Crippen molar-refractivity contribution in [2.45, 2.75) is 25.4 Å². The van der Waals surface area contributed by atoms with Gasteiger partial charge in [0.05, 0.1) is 18.4 Å². The number of hydrogen-bond acceptors (Lipinski definition) is 3. The van der Waals surface area contributed by atoms with E-state index in [1.54, 1.807) is 18.2 Å². The Morgan fingerprint density at radius 1 is 1.30 bits per heavy atom. The van der Waals surface area contributed by atoms with E-state index >= 15 is 0 Å². The lowest BCUT2D eigenvalue weighted by atomic mass is 10.0. The minimum absolute atomic E-state index is 0.0400. The van der Waals surface area contributed by atoms with Crippen LogP contribution >= 0.6 is 23.2 Å². The monoisotopic (exact) mass is 319 g/mol. The first-order valence-corrected chi connectivity index (χ1v) is 6.60. The zero-order valence-electron chi connectivity index (χ0n) is 10.8. The fraction of sp³-hybridized carbons (Fsp3) is 0.385. The Morgan fingerprint density at radius 2 is 1.85 bits per heavy atom. The SMILES string of the molecule is CC(O)(CNC(=O)Cc1c(Cl)cccc1Cl)CC(=O)O. The summed E-state index contributed by atoms with van der Waals surface area (Å²) in [6.45, 7) is 1.17. The van der Waals surface area contributed by atoms with Crippen molar-refractivity contribution in [1.29, 1.82) is 0 Å². The average molecular weight is 320 g/mol. The van der Waals surface area contributed by atoms with E-state index in [2.05, 4.69) is 5.32 Å². The second kappa shape index (κ2) is 6.92. The van der Waals surface area contributed by atoms with Gasteiger partial charge in [0.2, 0.25) is 5.91 Å². The molecule has 0 aliphatic carbocycles. The Kier molecular flexibility index (Phi) is 5.80. The summed E-state index contributed by atoms with van der Waals surface area (Å²) in [5, 5.41) is 21.6.